The maximum Gasteiger partial charge on any atom is 0.238 e. The summed E-state index contributed by atoms with van der Waals surface area (Å²) in [4.78, 5) is 16.2. The number of methoxy groups -OCH3 is 1. The smallest absolute Gasteiger partial charge is 0.238 e. The quantitative estimate of drug-likeness (QED) is 0.702. The van der Waals surface area contributed by atoms with Gasteiger partial charge in [0.2, 0.25) is 5.91 Å². The van der Waals surface area contributed by atoms with Crippen LogP contribution in [0.2, 0.25) is 0 Å². The van der Waals surface area contributed by atoms with Crippen LogP contribution in [0.3, 0.4) is 0 Å². The van der Waals surface area contributed by atoms with Crippen LogP contribution < -0.4 is 5.32 Å². The molecule has 0 aliphatic carbocycles. The lowest BCUT2D eigenvalue weighted by molar-refractivity contribution is -0.120. The monoisotopic (exact) mass is 386 g/mol. The average molecular weight is 386 g/mol. The number of halogens is 1. The predicted octanol–water partition coefficient (Wildman–Crippen LogP) is 2.02. The van der Waals surface area contributed by atoms with Crippen LogP contribution in [-0.2, 0) is 25.1 Å². The maximum absolute atomic E-state index is 13.0. The van der Waals surface area contributed by atoms with Crippen LogP contribution >= 0.6 is 11.3 Å². The summed E-state index contributed by atoms with van der Waals surface area (Å²) in [6.45, 7) is 1.91. The van der Waals surface area contributed by atoms with Crippen molar-refractivity contribution < 1.29 is 22.3 Å². The third-order valence-corrected chi connectivity index (χ3v) is 6.44. The van der Waals surface area contributed by atoms with Crippen molar-refractivity contribution >= 4 is 27.1 Å². The molecule has 1 amide bonds. The van der Waals surface area contributed by atoms with Crippen LogP contribution in [0.25, 0.3) is 10.6 Å². The Morgan fingerprint density at radius 1 is 1.36 bits per heavy atom. The van der Waals surface area contributed by atoms with Gasteiger partial charge in [-0.2, -0.15) is 0 Å². The van der Waals surface area contributed by atoms with Crippen LogP contribution in [0.15, 0.2) is 29.6 Å². The molecular formula is C16H19FN2O4S2. The van der Waals surface area contributed by atoms with Crippen molar-refractivity contribution in [1.82, 2.24) is 10.3 Å². The normalized spacial score (nSPS) is 12.8. The summed E-state index contributed by atoms with van der Waals surface area (Å²) in [5, 5.41) is 3.57. The van der Waals surface area contributed by atoms with E-state index in [1.165, 1.54) is 37.5 Å². The van der Waals surface area contributed by atoms with Gasteiger partial charge in [-0.25, -0.2) is 17.8 Å². The topological polar surface area (TPSA) is 85.4 Å². The van der Waals surface area contributed by atoms with E-state index in [0.717, 1.165) is 0 Å². The molecule has 6 nitrogen and oxygen atoms in total. The van der Waals surface area contributed by atoms with Gasteiger partial charge in [-0.3, -0.25) is 4.79 Å². The van der Waals surface area contributed by atoms with Gasteiger partial charge in [0.25, 0.3) is 0 Å². The molecule has 1 aromatic heterocycles. The van der Waals surface area contributed by atoms with E-state index in [9.17, 15) is 17.6 Å². The first-order valence-electron chi connectivity index (χ1n) is 7.52. The van der Waals surface area contributed by atoms with Gasteiger partial charge in [-0.05, 0) is 31.2 Å². The number of amides is 1. The van der Waals surface area contributed by atoms with E-state index in [-0.39, 0.29) is 18.1 Å². The molecular weight excluding hydrogens is 367 g/mol. The number of nitrogens with one attached hydrogen (secondary N) is 1. The Labute approximate surface area is 150 Å². The Hall–Kier alpha value is -1.84. The van der Waals surface area contributed by atoms with Crippen LogP contribution in [0.5, 0.6) is 0 Å². The lowest BCUT2D eigenvalue weighted by atomic mass is 10.2. The Morgan fingerprint density at radius 3 is 2.68 bits per heavy atom. The number of sulfone groups is 1. The van der Waals surface area contributed by atoms with Crippen molar-refractivity contribution in [2.75, 3.05) is 20.3 Å². The lowest BCUT2D eigenvalue weighted by Gasteiger charge is -2.12. The minimum Gasteiger partial charge on any atom is -0.383 e. The van der Waals surface area contributed by atoms with Gasteiger partial charge in [0, 0.05) is 24.6 Å². The summed E-state index contributed by atoms with van der Waals surface area (Å²) in [5.74, 6) is -1.24. The predicted molar refractivity (Wildman–Crippen MR) is 94.5 cm³/mol. The van der Waals surface area contributed by atoms with Gasteiger partial charge >= 0.3 is 0 Å². The van der Waals surface area contributed by atoms with E-state index < -0.39 is 21.0 Å². The number of benzene rings is 1. The summed E-state index contributed by atoms with van der Waals surface area (Å²) >= 11 is 1.27. The number of aromatic nitrogens is 1. The second-order valence-electron chi connectivity index (χ2n) is 5.38. The second-order valence-corrected chi connectivity index (χ2v) is 8.56. The van der Waals surface area contributed by atoms with Crippen LogP contribution in [0, 0.1) is 5.82 Å². The number of nitrogens with zero attached hydrogens (tertiary/aromatic N) is 1. The molecule has 0 bridgehead atoms. The van der Waals surface area contributed by atoms with Gasteiger partial charge in [0.05, 0.1) is 18.1 Å². The molecule has 1 unspecified atom stereocenters. The maximum atomic E-state index is 13.0. The molecule has 1 aromatic carbocycles. The van der Waals surface area contributed by atoms with Crippen molar-refractivity contribution in [3.8, 4) is 10.6 Å². The molecule has 0 aliphatic rings. The first-order valence-corrected chi connectivity index (χ1v) is 10.1. The van der Waals surface area contributed by atoms with E-state index in [2.05, 4.69) is 10.3 Å². The minimum atomic E-state index is -3.69. The number of hydrogen-bond acceptors (Lipinski definition) is 6. The number of rotatable bonds is 8. The molecule has 9 heteroatoms. The van der Waals surface area contributed by atoms with E-state index in [0.29, 0.717) is 22.9 Å². The summed E-state index contributed by atoms with van der Waals surface area (Å²) in [6.07, 6.45) is 0. The third kappa shape index (κ3) is 5.32. The number of thiazole rings is 1. The largest absolute Gasteiger partial charge is 0.383 e. The van der Waals surface area contributed by atoms with Crippen molar-refractivity contribution in [2.24, 2.45) is 0 Å². The zero-order valence-corrected chi connectivity index (χ0v) is 15.5. The van der Waals surface area contributed by atoms with Crippen LogP contribution in [0.1, 0.15) is 12.6 Å². The molecule has 0 saturated carbocycles. The van der Waals surface area contributed by atoms with Crippen LogP contribution in [0.4, 0.5) is 4.39 Å². The summed E-state index contributed by atoms with van der Waals surface area (Å²) < 4.78 is 42.5. The molecule has 0 aliphatic heterocycles. The van der Waals surface area contributed by atoms with Crippen molar-refractivity contribution in [2.45, 2.75) is 17.9 Å². The first-order chi connectivity index (χ1) is 11.8. The number of ether oxygens (including phenoxy) is 1. The highest BCUT2D eigenvalue weighted by molar-refractivity contribution is 7.92. The molecule has 2 aromatic rings. The molecule has 0 saturated heterocycles. The average Bonchev–Trinajstić information content (AvgIpc) is 3.02. The van der Waals surface area contributed by atoms with Gasteiger partial charge in [-0.1, -0.05) is 0 Å². The van der Waals surface area contributed by atoms with Gasteiger partial charge in [-0.15, -0.1) is 11.3 Å². The van der Waals surface area contributed by atoms with Crippen molar-refractivity contribution in [3.05, 3.63) is 41.2 Å². The minimum absolute atomic E-state index is 0.251. The number of hydrogen-bond donors (Lipinski definition) is 1. The van der Waals surface area contributed by atoms with Gasteiger partial charge in [0.1, 0.15) is 16.1 Å². The zero-order chi connectivity index (χ0) is 18.4. The van der Waals surface area contributed by atoms with Gasteiger partial charge in [0.15, 0.2) is 9.84 Å². The Morgan fingerprint density at radius 2 is 2.04 bits per heavy atom. The standard InChI is InChI=1S/C16H19FN2O4S2/c1-11(15(20)18-7-8-23-2)25(21,22)10-14-9-24-16(19-14)12-3-5-13(17)6-4-12/h3-6,9,11H,7-8,10H2,1-2H3,(H,18,20). The molecule has 2 rings (SSSR count). The molecule has 1 N–H and O–H groups in total. The van der Waals surface area contributed by atoms with E-state index >= 15 is 0 Å². The summed E-state index contributed by atoms with van der Waals surface area (Å²) in [7, 11) is -2.20. The van der Waals surface area contributed by atoms with Crippen molar-refractivity contribution in [1.29, 1.82) is 0 Å². The van der Waals surface area contributed by atoms with Crippen LogP contribution in [-0.4, -0.2) is 44.8 Å². The highest BCUT2D eigenvalue weighted by atomic mass is 32.2. The van der Waals surface area contributed by atoms with Gasteiger partial charge < -0.3 is 10.1 Å². The molecule has 0 radical (unpaired) electrons. The van der Waals surface area contributed by atoms with E-state index in [1.54, 1.807) is 17.5 Å². The van der Waals surface area contributed by atoms with E-state index in [1.807, 2.05) is 0 Å². The SMILES string of the molecule is COCCNC(=O)C(C)S(=O)(=O)Cc1csc(-c2ccc(F)cc2)n1. The fourth-order valence-electron chi connectivity index (χ4n) is 2.01. The molecule has 1 heterocycles. The second kappa shape index (κ2) is 8.50. The molecule has 0 fully saturated rings. The number of carbonyl (C=O) groups is 1. The third-order valence-electron chi connectivity index (χ3n) is 3.51. The highest BCUT2D eigenvalue weighted by Gasteiger charge is 2.28. The lowest BCUT2D eigenvalue weighted by Crippen LogP contribution is -2.39. The fraction of sp³-hybridized carbons (Fsp3) is 0.375. The molecule has 0 spiro atoms. The first kappa shape index (κ1) is 19.5. The molecule has 1 atom stereocenters. The summed E-state index contributed by atoms with van der Waals surface area (Å²) in [5.41, 5.74) is 1.07. The Kier molecular flexibility index (Phi) is 6.63. The Bertz CT molecular complexity index is 819. The number of carbonyl (C=O) groups excluding carboxylic acids is 1. The van der Waals surface area contributed by atoms with Crippen molar-refractivity contribution in [3.63, 3.8) is 0 Å². The van der Waals surface area contributed by atoms with E-state index in [4.69, 9.17) is 4.74 Å². The fourth-order valence-corrected chi connectivity index (χ4v) is 4.16. The Balaban J connectivity index is 2.05. The zero-order valence-electron chi connectivity index (χ0n) is 13.9. The highest BCUT2D eigenvalue weighted by Crippen LogP contribution is 2.25. The summed E-state index contributed by atoms with van der Waals surface area (Å²) in [6, 6.07) is 5.80. The molecule has 136 valence electrons. The molecule has 25 heavy (non-hydrogen) atoms.